The molecule has 0 aliphatic carbocycles. The van der Waals surface area contributed by atoms with Crippen molar-refractivity contribution < 1.29 is 14.3 Å². The van der Waals surface area contributed by atoms with E-state index in [1.54, 1.807) is 20.1 Å². The standard InChI is InChI=1S/C16H17NO3/c1-10-14(16(18)20-3)8-12(9-15(10)17)11-5-4-6-13(7-11)19-2/h4-9H,17H2,1-3H3. The number of carbonyl (C=O) groups is 1. The summed E-state index contributed by atoms with van der Waals surface area (Å²) < 4.78 is 9.99. The normalized spacial score (nSPS) is 10.2. The van der Waals surface area contributed by atoms with Crippen LogP contribution in [0.4, 0.5) is 5.69 Å². The van der Waals surface area contributed by atoms with Gasteiger partial charge in [-0.05, 0) is 47.9 Å². The average Bonchev–Trinajstić information content (AvgIpc) is 2.49. The molecule has 0 amide bonds. The van der Waals surface area contributed by atoms with Crippen molar-refractivity contribution in [3.05, 3.63) is 47.5 Å². The minimum absolute atomic E-state index is 0.390. The second kappa shape index (κ2) is 5.65. The first-order chi connectivity index (χ1) is 9.56. The van der Waals surface area contributed by atoms with Gasteiger partial charge in [-0.1, -0.05) is 12.1 Å². The Kier molecular flexibility index (Phi) is 3.94. The van der Waals surface area contributed by atoms with Crippen LogP contribution in [0.15, 0.2) is 36.4 Å². The van der Waals surface area contributed by atoms with Crippen LogP contribution >= 0.6 is 0 Å². The van der Waals surface area contributed by atoms with Crippen molar-refractivity contribution in [3.8, 4) is 16.9 Å². The quantitative estimate of drug-likeness (QED) is 0.688. The number of ether oxygens (including phenoxy) is 2. The van der Waals surface area contributed by atoms with Crippen molar-refractivity contribution in [1.29, 1.82) is 0 Å². The minimum Gasteiger partial charge on any atom is -0.497 e. The Balaban J connectivity index is 2.57. The van der Waals surface area contributed by atoms with Crippen LogP contribution in [0.2, 0.25) is 0 Å². The Morgan fingerprint density at radius 3 is 2.50 bits per heavy atom. The van der Waals surface area contributed by atoms with Crippen LogP contribution < -0.4 is 10.5 Å². The van der Waals surface area contributed by atoms with Crippen LogP contribution in [0.5, 0.6) is 5.75 Å². The molecule has 0 fully saturated rings. The largest absolute Gasteiger partial charge is 0.497 e. The Hall–Kier alpha value is -2.49. The van der Waals surface area contributed by atoms with E-state index >= 15 is 0 Å². The number of nitrogen functional groups attached to an aromatic ring is 1. The molecule has 0 saturated carbocycles. The van der Waals surface area contributed by atoms with E-state index in [4.69, 9.17) is 15.2 Å². The Morgan fingerprint density at radius 1 is 1.10 bits per heavy atom. The molecule has 2 aromatic carbocycles. The summed E-state index contributed by atoms with van der Waals surface area (Å²) in [5.41, 5.74) is 9.53. The van der Waals surface area contributed by atoms with Gasteiger partial charge in [0, 0.05) is 5.69 Å². The zero-order chi connectivity index (χ0) is 14.7. The number of hydrogen-bond acceptors (Lipinski definition) is 4. The molecule has 0 aromatic heterocycles. The van der Waals surface area contributed by atoms with Gasteiger partial charge in [-0.25, -0.2) is 4.79 Å². The van der Waals surface area contributed by atoms with Crippen molar-refractivity contribution >= 4 is 11.7 Å². The van der Waals surface area contributed by atoms with Crippen LogP contribution in [-0.4, -0.2) is 20.2 Å². The van der Waals surface area contributed by atoms with Gasteiger partial charge in [-0.2, -0.15) is 0 Å². The molecule has 0 aliphatic rings. The summed E-state index contributed by atoms with van der Waals surface area (Å²) in [5, 5.41) is 0. The monoisotopic (exact) mass is 271 g/mol. The lowest BCUT2D eigenvalue weighted by molar-refractivity contribution is 0.0600. The van der Waals surface area contributed by atoms with Gasteiger partial charge in [0.05, 0.1) is 19.8 Å². The highest BCUT2D eigenvalue weighted by atomic mass is 16.5. The summed E-state index contributed by atoms with van der Waals surface area (Å²) in [5.74, 6) is 0.361. The van der Waals surface area contributed by atoms with Crippen molar-refractivity contribution in [1.82, 2.24) is 0 Å². The predicted octanol–water partition coefficient (Wildman–Crippen LogP) is 3.04. The lowest BCUT2D eigenvalue weighted by Crippen LogP contribution is -2.06. The van der Waals surface area contributed by atoms with E-state index in [1.807, 2.05) is 30.3 Å². The highest BCUT2D eigenvalue weighted by molar-refractivity contribution is 5.94. The minimum atomic E-state index is -0.390. The van der Waals surface area contributed by atoms with Crippen molar-refractivity contribution in [2.24, 2.45) is 0 Å². The fourth-order valence-corrected chi connectivity index (χ4v) is 2.03. The number of rotatable bonds is 3. The maximum Gasteiger partial charge on any atom is 0.338 e. The van der Waals surface area contributed by atoms with E-state index in [9.17, 15) is 4.79 Å². The van der Waals surface area contributed by atoms with Gasteiger partial charge in [0.15, 0.2) is 0 Å². The van der Waals surface area contributed by atoms with Gasteiger partial charge in [0.1, 0.15) is 5.75 Å². The first kappa shape index (κ1) is 13.9. The number of anilines is 1. The molecular weight excluding hydrogens is 254 g/mol. The molecule has 0 heterocycles. The summed E-state index contributed by atoms with van der Waals surface area (Å²) in [4.78, 5) is 11.8. The Morgan fingerprint density at radius 2 is 1.85 bits per heavy atom. The summed E-state index contributed by atoms with van der Waals surface area (Å²) in [6.07, 6.45) is 0. The lowest BCUT2D eigenvalue weighted by Gasteiger charge is -2.11. The van der Waals surface area contributed by atoms with E-state index in [2.05, 4.69) is 0 Å². The van der Waals surface area contributed by atoms with Gasteiger partial charge in [0.25, 0.3) is 0 Å². The molecule has 104 valence electrons. The summed E-state index contributed by atoms with van der Waals surface area (Å²) >= 11 is 0. The number of methoxy groups -OCH3 is 2. The molecule has 2 rings (SSSR count). The molecule has 0 radical (unpaired) electrons. The van der Waals surface area contributed by atoms with Crippen molar-refractivity contribution in [2.75, 3.05) is 20.0 Å². The van der Waals surface area contributed by atoms with Gasteiger partial charge in [0.2, 0.25) is 0 Å². The topological polar surface area (TPSA) is 61.5 Å². The number of nitrogens with two attached hydrogens (primary N) is 1. The van der Waals surface area contributed by atoms with Crippen LogP contribution in [0.1, 0.15) is 15.9 Å². The smallest absolute Gasteiger partial charge is 0.338 e. The third kappa shape index (κ3) is 2.59. The SMILES string of the molecule is COC(=O)c1cc(-c2cccc(OC)c2)cc(N)c1C. The molecule has 0 bridgehead atoms. The highest BCUT2D eigenvalue weighted by Gasteiger charge is 2.14. The van der Waals surface area contributed by atoms with Gasteiger partial charge in [-0.3, -0.25) is 0 Å². The van der Waals surface area contributed by atoms with E-state index in [0.29, 0.717) is 11.3 Å². The zero-order valence-electron chi connectivity index (χ0n) is 11.8. The molecule has 4 nitrogen and oxygen atoms in total. The first-order valence-corrected chi connectivity index (χ1v) is 6.19. The molecule has 0 aliphatic heterocycles. The molecule has 2 N–H and O–H groups in total. The van der Waals surface area contributed by atoms with Crippen molar-refractivity contribution in [2.45, 2.75) is 6.92 Å². The fraction of sp³-hybridized carbons (Fsp3) is 0.188. The molecule has 4 heteroatoms. The van der Waals surface area contributed by atoms with E-state index in [-0.39, 0.29) is 5.97 Å². The molecule has 20 heavy (non-hydrogen) atoms. The van der Waals surface area contributed by atoms with E-state index < -0.39 is 0 Å². The van der Waals surface area contributed by atoms with Crippen LogP contribution in [-0.2, 0) is 4.74 Å². The Bertz CT molecular complexity index is 650. The molecule has 0 saturated heterocycles. The summed E-state index contributed by atoms with van der Waals surface area (Å²) in [7, 11) is 2.97. The number of esters is 1. The third-order valence-electron chi connectivity index (χ3n) is 3.26. The molecule has 0 atom stereocenters. The maximum absolute atomic E-state index is 11.8. The number of carbonyl (C=O) groups excluding carboxylic acids is 1. The molecule has 0 spiro atoms. The second-order valence-electron chi connectivity index (χ2n) is 4.46. The Labute approximate surface area is 118 Å². The van der Waals surface area contributed by atoms with Crippen molar-refractivity contribution in [3.63, 3.8) is 0 Å². The number of benzene rings is 2. The van der Waals surface area contributed by atoms with Crippen LogP contribution in [0.3, 0.4) is 0 Å². The first-order valence-electron chi connectivity index (χ1n) is 6.19. The van der Waals surface area contributed by atoms with Crippen LogP contribution in [0.25, 0.3) is 11.1 Å². The van der Waals surface area contributed by atoms with Gasteiger partial charge < -0.3 is 15.2 Å². The second-order valence-corrected chi connectivity index (χ2v) is 4.46. The average molecular weight is 271 g/mol. The third-order valence-corrected chi connectivity index (χ3v) is 3.26. The summed E-state index contributed by atoms with van der Waals surface area (Å²) in [6, 6.07) is 11.2. The molecule has 0 unspecified atom stereocenters. The van der Waals surface area contributed by atoms with Gasteiger partial charge >= 0.3 is 5.97 Å². The number of hydrogen-bond donors (Lipinski definition) is 1. The predicted molar refractivity (Wildman–Crippen MR) is 78.9 cm³/mol. The molecule has 2 aromatic rings. The fourth-order valence-electron chi connectivity index (χ4n) is 2.03. The highest BCUT2D eigenvalue weighted by Crippen LogP contribution is 2.29. The molecular formula is C16H17NO3. The van der Waals surface area contributed by atoms with E-state index in [1.165, 1.54) is 7.11 Å². The van der Waals surface area contributed by atoms with E-state index in [0.717, 1.165) is 22.4 Å². The maximum atomic E-state index is 11.8. The summed E-state index contributed by atoms with van der Waals surface area (Å²) in [6.45, 7) is 1.80. The zero-order valence-corrected chi connectivity index (χ0v) is 11.8. The van der Waals surface area contributed by atoms with Crippen LogP contribution in [0, 0.1) is 6.92 Å². The lowest BCUT2D eigenvalue weighted by atomic mass is 9.98. The van der Waals surface area contributed by atoms with Gasteiger partial charge in [-0.15, -0.1) is 0 Å².